The van der Waals surface area contributed by atoms with Gasteiger partial charge in [-0.15, -0.1) is 0 Å². The van der Waals surface area contributed by atoms with Crippen LogP contribution >= 0.6 is 0 Å². The molecule has 0 radical (unpaired) electrons. The van der Waals surface area contributed by atoms with Crippen LogP contribution in [0.3, 0.4) is 0 Å². The van der Waals surface area contributed by atoms with Crippen molar-refractivity contribution in [1.82, 2.24) is 4.90 Å². The van der Waals surface area contributed by atoms with Crippen molar-refractivity contribution in [3.05, 3.63) is 107 Å². The van der Waals surface area contributed by atoms with Crippen LogP contribution in [-0.4, -0.2) is 18.0 Å². The molecule has 0 fully saturated rings. The van der Waals surface area contributed by atoms with Gasteiger partial charge in [-0.05, 0) is 58.2 Å². The predicted octanol–water partition coefficient (Wildman–Crippen LogP) is 5.80. The zero-order chi connectivity index (χ0) is 18.1. The van der Waals surface area contributed by atoms with Gasteiger partial charge in [0.1, 0.15) is 0 Å². The molecule has 2 aliphatic rings. The van der Waals surface area contributed by atoms with E-state index in [2.05, 4.69) is 83.8 Å². The number of fused-ring (bicyclic) bond motifs is 4. The summed E-state index contributed by atoms with van der Waals surface area (Å²) in [6, 6.07) is 29.0. The highest BCUT2D eigenvalue weighted by Gasteiger charge is 2.24. The molecule has 0 unspecified atom stereocenters. The molecule has 27 heavy (non-hydrogen) atoms. The smallest absolute Gasteiger partial charge is 0.0233 e. The molecule has 134 valence electrons. The summed E-state index contributed by atoms with van der Waals surface area (Å²) >= 11 is 0. The molecular formula is C26H25N. The highest BCUT2D eigenvalue weighted by molar-refractivity contribution is 5.94. The molecule has 1 aliphatic carbocycles. The third kappa shape index (κ3) is 3.24. The first-order chi connectivity index (χ1) is 13.4. The van der Waals surface area contributed by atoms with Gasteiger partial charge in [-0.1, -0.05) is 78.9 Å². The Labute approximate surface area is 162 Å². The fraction of sp³-hybridized carbons (Fsp3) is 0.231. The first-order valence-electron chi connectivity index (χ1n) is 10.0. The summed E-state index contributed by atoms with van der Waals surface area (Å²) in [4.78, 5) is 2.62. The van der Waals surface area contributed by atoms with Crippen LogP contribution in [0.25, 0.3) is 11.1 Å². The lowest BCUT2D eigenvalue weighted by molar-refractivity contribution is 0.282. The van der Waals surface area contributed by atoms with Crippen LogP contribution in [0, 0.1) is 0 Å². The Morgan fingerprint density at radius 3 is 1.70 bits per heavy atom. The second-order valence-electron chi connectivity index (χ2n) is 7.71. The number of nitrogens with zero attached hydrogens (tertiary/aromatic N) is 1. The summed E-state index contributed by atoms with van der Waals surface area (Å²) in [5, 5.41) is 0. The van der Waals surface area contributed by atoms with Gasteiger partial charge in [-0.25, -0.2) is 0 Å². The molecular weight excluding hydrogens is 326 g/mol. The maximum absolute atomic E-state index is 2.62. The van der Waals surface area contributed by atoms with Crippen LogP contribution in [0.2, 0.25) is 0 Å². The highest BCUT2D eigenvalue weighted by Crippen LogP contribution is 2.40. The summed E-state index contributed by atoms with van der Waals surface area (Å²) in [6.45, 7) is 3.30. The Kier molecular flexibility index (Phi) is 4.39. The predicted molar refractivity (Wildman–Crippen MR) is 113 cm³/mol. The van der Waals surface area contributed by atoms with Gasteiger partial charge in [0, 0.05) is 19.6 Å². The van der Waals surface area contributed by atoms with E-state index in [1.165, 1.54) is 27.8 Å². The lowest BCUT2D eigenvalue weighted by atomic mass is 9.91. The van der Waals surface area contributed by atoms with E-state index in [9.17, 15) is 0 Å². The second-order valence-corrected chi connectivity index (χ2v) is 7.71. The van der Waals surface area contributed by atoms with E-state index in [4.69, 9.17) is 0 Å². The average Bonchev–Trinajstić information content (AvgIpc) is 2.99. The minimum Gasteiger partial charge on any atom is -0.298 e. The number of rotatable bonds is 2. The molecule has 3 aromatic rings. The lowest BCUT2D eigenvalue weighted by Crippen LogP contribution is -2.24. The molecule has 0 amide bonds. The standard InChI is InChI=1S/C26H25N/c1-2-8-20(9-3-1)19-27-16-14-25-23-12-6-4-10-21(23)18-22-11-5-7-13-24(22)26(25)15-17-27/h1-13H,14-19H2. The monoisotopic (exact) mass is 351 g/mol. The van der Waals surface area contributed by atoms with Gasteiger partial charge in [0.15, 0.2) is 0 Å². The van der Waals surface area contributed by atoms with Crippen molar-refractivity contribution in [3.63, 3.8) is 0 Å². The van der Waals surface area contributed by atoms with Gasteiger partial charge in [0.05, 0.1) is 0 Å². The summed E-state index contributed by atoms with van der Waals surface area (Å²) in [5.74, 6) is 0. The molecule has 0 aromatic heterocycles. The van der Waals surface area contributed by atoms with Crippen molar-refractivity contribution in [2.24, 2.45) is 0 Å². The van der Waals surface area contributed by atoms with Crippen molar-refractivity contribution in [1.29, 1.82) is 0 Å². The minimum absolute atomic E-state index is 1.05. The van der Waals surface area contributed by atoms with Crippen LogP contribution in [-0.2, 0) is 13.0 Å². The second kappa shape index (κ2) is 7.17. The third-order valence-electron chi connectivity index (χ3n) is 6.04. The molecule has 1 heterocycles. The van der Waals surface area contributed by atoms with E-state index in [1.807, 2.05) is 0 Å². The zero-order valence-electron chi connectivity index (χ0n) is 15.7. The largest absolute Gasteiger partial charge is 0.298 e. The van der Waals surface area contributed by atoms with Gasteiger partial charge in [-0.2, -0.15) is 0 Å². The summed E-state index contributed by atoms with van der Waals surface area (Å²) in [6.07, 6.45) is 3.31. The zero-order valence-corrected chi connectivity index (χ0v) is 15.7. The lowest BCUT2D eigenvalue weighted by Gasteiger charge is -2.20. The summed E-state index contributed by atoms with van der Waals surface area (Å²) in [5.41, 5.74) is 10.5. The van der Waals surface area contributed by atoms with E-state index in [0.29, 0.717) is 0 Å². The highest BCUT2D eigenvalue weighted by atomic mass is 15.1. The summed E-state index contributed by atoms with van der Waals surface area (Å²) < 4.78 is 0. The van der Waals surface area contributed by atoms with Gasteiger partial charge in [0.2, 0.25) is 0 Å². The van der Waals surface area contributed by atoms with Crippen molar-refractivity contribution < 1.29 is 0 Å². The van der Waals surface area contributed by atoms with Crippen LogP contribution in [0.5, 0.6) is 0 Å². The van der Waals surface area contributed by atoms with Gasteiger partial charge in [-0.3, -0.25) is 4.90 Å². The van der Waals surface area contributed by atoms with Crippen molar-refractivity contribution in [2.75, 3.05) is 13.1 Å². The molecule has 0 saturated heterocycles. The van der Waals surface area contributed by atoms with Gasteiger partial charge >= 0.3 is 0 Å². The minimum atomic E-state index is 1.05. The van der Waals surface area contributed by atoms with Crippen LogP contribution < -0.4 is 0 Å². The van der Waals surface area contributed by atoms with E-state index in [-0.39, 0.29) is 0 Å². The van der Waals surface area contributed by atoms with E-state index >= 15 is 0 Å². The molecule has 0 spiro atoms. The molecule has 1 heteroatoms. The molecule has 0 bridgehead atoms. The average molecular weight is 351 g/mol. The SMILES string of the molecule is c1ccc(CN2CCC3=C(CC2)c2ccccc2Cc2ccccc23)cc1. The van der Waals surface area contributed by atoms with Crippen molar-refractivity contribution in [2.45, 2.75) is 25.8 Å². The van der Waals surface area contributed by atoms with Crippen LogP contribution in [0.1, 0.15) is 40.7 Å². The third-order valence-corrected chi connectivity index (χ3v) is 6.04. The quantitative estimate of drug-likeness (QED) is 0.564. The fourth-order valence-corrected chi connectivity index (χ4v) is 4.69. The normalized spacial score (nSPS) is 16.7. The maximum Gasteiger partial charge on any atom is 0.0233 e. The Balaban J connectivity index is 1.51. The Bertz CT molecular complexity index is 924. The Morgan fingerprint density at radius 2 is 1.11 bits per heavy atom. The van der Waals surface area contributed by atoms with E-state index < -0.39 is 0 Å². The molecule has 0 saturated carbocycles. The number of hydrogen-bond acceptors (Lipinski definition) is 1. The fourth-order valence-electron chi connectivity index (χ4n) is 4.69. The molecule has 1 nitrogen and oxygen atoms in total. The topological polar surface area (TPSA) is 3.24 Å². The van der Waals surface area contributed by atoms with Crippen LogP contribution in [0.15, 0.2) is 78.9 Å². The molecule has 1 aliphatic heterocycles. The molecule has 0 atom stereocenters. The van der Waals surface area contributed by atoms with Crippen molar-refractivity contribution >= 4 is 11.1 Å². The Hall–Kier alpha value is -2.64. The van der Waals surface area contributed by atoms with E-state index in [0.717, 1.165) is 38.9 Å². The number of hydrogen-bond donors (Lipinski definition) is 0. The van der Waals surface area contributed by atoms with E-state index in [1.54, 1.807) is 11.1 Å². The van der Waals surface area contributed by atoms with Crippen LogP contribution in [0.4, 0.5) is 0 Å². The molecule has 5 rings (SSSR count). The van der Waals surface area contributed by atoms with Gasteiger partial charge < -0.3 is 0 Å². The first kappa shape index (κ1) is 16.5. The Morgan fingerprint density at radius 1 is 0.593 bits per heavy atom. The molecule has 3 aromatic carbocycles. The molecule has 0 N–H and O–H groups in total. The van der Waals surface area contributed by atoms with Crippen molar-refractivity contribution in [3.8, 4) is 0 Å². The van der Waals surface area contributed by atoms with Gasteiger partial charge in [0.25, 0.3) is 0 Å². The maximum atomic E-state index is 2.62. The summed E-state index contributed by atoms with van der Waals surface area (Å²) in [7, 11) is 0. The number of benzene rings is 3. The first-order valence-corrected chi connectivity index (χ1v) is 10.0.